The number of rotatable bonds is 4. The van der Waals surface area contributed by atoms with Crippen molar-refractivity contribution >= 4 is 34.5 Å². The van der Waals surface area contributed by atoms with Crippen LogP contribution in [0.15, 0.2) is 23.0 Å². The van der Waals surface area contributed by atoms with Gasteiger partial charge in [-0.1, -0.05) is 0 Å². The number of nitrogens with one attached hydrogen (secondary N) is 1. The first-order chi connectivity index (χ1) is 16.8. The highest BCUT2D eigenvalue weighted by Gasteiger charge is 2.64. The van der Waals surface area contributed by atoms with Crippen molar-refractivity contribution in [2.24, 2.45) is 11.8 Å². The van der Waals surface area contributed by atoms with Gasteiger partial charge in [-0.2, -0.15) is 0 Å². The van der Waals surface area contributed by atoms with Crippen LogP contribution in [0.3, 0.4) is 0 Å². The first-order valence-electron chi connectivity index (χ1n) is 11.3. The second-order valence-corrected chi connectivity index (χ2v) is 9.91. The summed E-state index contributed by atoms with van der Waals surface area (Å²) in [6.45, 7) is 1.06. The van der Waals surface area contributed by atoms with Gasteiger partial charge in [-0.25, -0.2) is 0 Å². The van der Waals surface area contributed by atoms with Gasteiger partial charge in [0.1, 0.15) is 17.1 Å². The number of aliphatic hydroxyl groups excluding tert-OH is 2. The lowest BCUT2D eigenvalue weighted by atomic mass is 9.57. The van der Waals surface area contributed by atoms with Gasteiger partial charge >= 0.3 is 5.08 Å². The lowest BCUT2D eigenvalue weighted by Gasteiger charge is -2.50. The molecule has 0 bridgehead atoms. The number of Topliss-reactive ketones (excluding diaryl/α,β-unsaturated/α-hetero) is 3. The first-order valence-corrected chi connectivity index (χ1v) is 11.3. The molecule has 0 amide bonds. The zero-order valence-corrected chi connectivity index (χ0v) is 20.5. The van der Waals surface area contributed by atoms with Crippen LogP contribution >= 0.6 is 0 Å². The van der Waals surface area contributed by atoms with Crippen LogP contribution in [-0.2, 0) is 20.8 Å². The summed E-state index contributed by atoms with van der Waals surface area (Å²) in [6, 6.07) is 0.450. The van der Waals surface area contributed by atoms with E-state index in [9.17, 15) is 34.8 Å². The quantitative estimate of drug-likeness (QED) is 0.175. The molecular weight excluding hydrogens is 470 g/mol. The molecule has 1 fully saturated rings. The van der Waals surface area contributed by atoms with Gasteiger partial charge < -0.3 is 25.3 Å². The number of diazo groups is 1. The van der Waals surface area contributed by atoms with Gasteiger partial charge in [0.2, 0.25) is 5.78 Å². The topological polar surface area (TPSA) is 179 Å². The van der Waals surface area contributed by atoms with E-state index in [2.05, 4.69) is 10.5 Å². The number of aliphatic hydroxyl groups is 3. The van der Waals surface area contributed by atoms with Gasteiger partial charge in [-0.15, -0.1) is 0 Å². The molecule has 0 radical (unpaired) electrons. The maximum atomic E-state index is 13.9. The van der Waals surface area contributed by atoms with Gasteiger partial charge in [-0.3, -0.25) is 19.3 Å². The number of anilines is 2. The van der Waals surface area contributed by atoms with Crippen LogP contribution in [0, 0.1) is 17.2 Å². The number of hydrogen-bond donors (Lipinski definition) is 5. The number of fused-ring (bicyclic) bond motifs is 3. The fourth-order valence-corrected chi connectivity index (χ4v) is 5.93. The summed E-state index contributed by atoms with van der Waals surface area (Å²) in [5.41, 5.74) is -0.306. The zero-order valence-electron chi connectivity index (χ0n) is 20.5. The number of ketones is 3. The van der Waals surface area contributed by atoms with E-state index in [1.165, 1.54) is 11.0 Å². The predicted molar refractivity (Wildman–Crippen MR) is 129 cm³/mol. The molecule has 1 aromatic rings. The van der Waals surface area contributed by atoms with Crippen LogP contribution in [-0.4, -0.2) is 82.5 Å². The Labute approximate surface area is 206 Å². The second-order valence-electron chi connectivity index (χ2n) is 9.91. The number of hydrogen-bond acceptors (Lipinski definition) is 11. The number of aromatic hydroxyl groups is 1. The Morgan fingerprint density at radius 3 is 2.36 bits per heavy atom. The summed E-state index contributed by atoms with van der Waals surface area (Å²) >= 11 is 0. The third-order valence-corrected chi connectivity index (χ3v) is 7.46. The lowest BCUT2D eigenvalue weighted by molar-refractivity contribution is -0.153. The Kier molecular flexibility index (Phi) is 5.81. The van der Waals surface area contributed by atoms with Crippen LogP contribution in [0.5, 0.6) is 5.75 Å². The van der Waals surface area contributed by atoms with Crippen molar-refractivity contribution in [3.63, 3.8) is 0 Å². The zero-order chi connectivity index (χ0) is 26.9. The summed E-state index contributed by atoms with van der Waals surface area (Å²) in [5, 5.41) is 56.6. The highest BCUT2D eigenvalue weighted by Crippen LogP contribution is 2.54. The lowest BCUT2D eigenvalue weighted by Crippen LogP contribution is -2.65. The molecule has 3 aliphatic carbocycles. The second kappa shape index (κ2) is 8.32. The van der Waals surface area contributed by atoms with Crippen molar-refractivity contribution in [3.8, 4) is 5.75 Å². The number of phenols is 1. The van der Waals surface area contributed by atoms with E-state index in [0.29, 0.717) is 11.3 Å². The number of nitrogens with zero attached hydrogens (tertiary/aromatic N) is 4. The predicted octanol–water partition coefficient (Wildman–Crippen LogP) is 1.31. The highest BCUT2D eigenvalue weighted by atomic mass is 16.3. The van der Waals surface area contributed by atoms with E-state index in [0.717, 1.165) is 6.92 Å². The normalized spacial score (nSPS) is 27.3. The Bertz CT molecular complexity index is 1320. The fraction of sp³-hybridized carbons (Fsp3) is 0.458. The molecule has 5 N–H and O–H groups in total. The average Bonchev–Trinajstić information content (AvgIpc) is 2.77. The molecule has 4 unspecified atom stereocenters. The van der Waals surface area contributed by atoms with Crippen molar-refractivity contribution in [1.29, 1.82) is 5.39 Å². The van der Waals surface area contributed by atoms with Crippen molar-refractivity contribution in [2.75, 3.05) is 38.5 Å². The molecule has 4 atom stereocenters. The molecule has 12 heteroatoms. The number of likely N-dealkylation sites (N-methyl/N-ethyl adjacent to an activating group) is 1. The Hall–Kier alpha value is -3.95. The third kappa shape index (κ3) is 3.20. The number of carbonyl (C=O) groups is 3. The SMILES string of the molecule is CC(=O)C1=C(O)C2(O)C(=O)C3=C(O)c4c(O)c(N[N+]#N)cc(N(C)C)c4CC3CC2C(N(C)C)C1=O. The molecule has 190 valence electrons. The fourth-order valence-electron chi connectivity index (χ4n) is 5.93. The van der Waals surface area contributed by atoms with Crippen molar-refractivity contribution in [3.05, 3.63) is 39.2 Å². The molecule has 1 aromatic carbocycles. The van der Waals surface area contributed by atoms with Gasteiger partial charge in [0, 0.05) is 31.3 Å². The number of carbonyl (C=O) groups excluding carboxylic acids is 3. The molecular formula is C24H28N5O7+. The maximum Gasteiger partial charge on any atom is 0.308 e. The highest BCUT2D eigenvalue weighted by molar-refractivity contribution is 6.25. The summed E-state index contributed by atoms with van der Waals surface area (Å²) in [6.07, 6.45) is 0.202. The van der Waals surface area contributed by atoms with E-state index in [4.69, 9.17) is 5.39 Å². The molecule has 1 saturated carbocycles. The van der Waals surface area contributed by atoms with E-state index in [-0.39, 0.29) is 29.7 Å². The van der Waals surface area contributed by atoms with E-state index in [1.54, 1.807) is 33.1 Å². The smallest absolute Gasteiger partial charge is 0.308 e. The Morgan fingerprint density at radius 1 is 1.19 bits per heavy atom. The van der Waals surface area contributed by atoms with E-state index in [1.807, 2.05) is 0 Å². The minimum Gasteiger partial charge on any atom is -0.508 e. The van der Waals surface area contributed by atoms with Gasteiger partial charge in [0.05, 0.1) is 11.6 Å². The maximum absolute atomic E-state index is 13.9. The van der Waals surface area contributed by atoms with Gasteiger partial charge in [0.15, 0.2) is 28.6 Å². The molecule has 0 heterocycles. The summed E-state index contributed by atoms with van der Waals surface area (Å²) in [5.74, 6) is -6.38. The molecule has 36 heavy (non-hydrogen) atoms. The minimum atomic E-state index is -2.63. The monoisotopic (exact) mass is 498 g/mol. The van der Waals surface area contributed by atoms with E-state index >= 15 is 0 Å². The van der Waals surface area contributed by atoms with Gasteiger partial charge in [0.25, 0.3) is 5.39 Å². The Balaban J connectivity index is 2.01. The Morgan fingerprint density at radius 2 is 1.83 bits per heavy atom. The van der Waals surface area contributed by atoms with Crippen LogP contribution < -0.4 is 10.3 Å². The van der Waals surface area contributed by atoms with Crippen LogP contribution in [0.2, 0.25) is 0 Å². The standard InChI is InChI=1S/C24H27N5O7/c1-9(30)15-21(33)18(29(4)5)12-7-10-6-11-14(28(2)3)8-13(26-27-25)19(31)17(11)20(32)16(10)23(35)24(12,36)22(15)34/h8,10,12,18,25,36H,6-7H2,1-5H3,(H2,30,32,33,34,35)/p+1. The van der Waals surface area contributed by atoms with Crippen molar-refractivity contribution < 1.29 is 34.8 Å². The van der Waals surface area contributed by atoms with Crippen molar-refractivity contribution in [1.82, 2.24) is 4.90 Å². The molecule has 0 aliphatic heterocycles. The third-order valence-electron chi connectivity index (χ3n) is 7.46. The molecule has 12 nitrogen and oxygen atoms in total. The van der Waals surface area contributed by atoms with Crippen LogP contribution in [0.25, 0.3) is 10.8 Å². The largest absolute Gasteiger partial charge is 0.508 e. The van der Waals surface area contributed by atoms with Crippen LogP contribution in [0.1, 0.15) is 24.5 Å². The molecule has 4 rings (SSSR count). The summed E-state index contributed by atoms with van der Waals surface area (Å²) in [4.78, 5) is 42.5. The van der Waals surface area contributed by atoms with Crippen LogP contribution in [0.4, 0.5) is 11.4 Å². The average molecular weight is 499 g/mol. The van der Waals surface area contributed by atoms with Gasteiger partial charge in [-0.05, 0) is 56.8 Å². The summed E-state index contributed by atoms with van der Waals surface area (Å²) in [7, 11) is 6.63. The van der Waals surface area contributed by atoms with E-state index < -0.39 is 63.7 Å². The first kappa shape index (κ1) is 25.2. The molecule has 3 aliphatic rings. The molecule has 0 aromatic heterocycles. The minimum absolute atomic E-state index is 0.0323. The molecule has 0 spiro atoms. The number of benzene rings is 1. The van der Waals surface area contributed by atoms with Crippen molar-refractivity contribution in [2.45, 2.75) is 31.4 Å². The number of phenolic OH excluding ortho intramolecular Hbond substituents is 1. The molecule has 0 saturated heterocycles. The summed E-state index contributed by atoms with van der Waals surface area (Å²) < 4.78 is 0.